The van der Waals surface area contributed by atoms with Crippen LogP contribution in [0.4, 0.5) is 5.69 Å². The van der Waals surface area contributed by atoms with Crippen LogP contribution in [-0.2, 0) is 9.53 Å². The van der Waals surface area contributed by atoms with Gasteiger partial charge in [0.25, 0.3) is 5.91 Å². The molecule has 0 unspecified atom stereocenters. The van der Waals surface area contributed by atoms with E-state index in [-0.39, 0.29) is 12.5 Å². The molecule has 1 amide bonds. The Balaban J connectivity index is 2.89. The molecule has 2 N–H and O–H groups in total. The van der Waals surface area contributed by atoms with E-state index in [9.17, 15) is 9.59 Å². The third-order valence-corrected chi connectivity index (χ3v) is 2.63. The first kappa shape index (κ1) is 14.9. The SMILES string of the molecule is CCOC(=O)CN(CC)C(=O)c1cc(N)cnc1C. The van der Waals surface area contributed by atoms with Crippen LogP contribution in [0.1, 0.15) is 29.9 Å². The molecule has 1 aromatic heterocycles. The maximum Gasteiger partial charge on any atom is 0.325 e. The summed E-state index contributed by atoms with van der Waals surface area (Å²) in [5, 5.41) is 0. The summed E-state index contributed by atoms with van der Waals surface area (Å²) in [5.74, 6) is -0.694. The molecule has 0 aliphatic heterocycles. The first-order chi connectivity index (χ1) is 8.99. The van der Waals surface area contributed by atoms with Gasteiger partial charge in [0.2, 0.25) is 0 Å². The number of anilines is 1. The van der Waals surface area contributed by atoms with E-state index >= 15 is 0 Å². The summed E-state index contributed by atoms with van der Waals surface area (Å²) in [6, 6.07) is 1.57. The molecule has 1 aromatic rings. The molecule has 0 radical (unpaired) electrons. The molecule has 0 saturated heterocycles. The zero-order valence-electron chi connectivity index (χ0n) is 11.5. The van der Waals surface area contributed by atoms with E-state index in [2.05, 4.69) is 4.98 Å². The van der Waals surface area contributed by atoms with Gasteiger partial charge in [-0.1, -0.05) is 0 Å². The van der Waals surface area contributed by atoms with Gasteiger partial charge in [-0.2, -0.15) is 0 Å². The summed E-state index contributed by atoms with van der Waals surface area (Å²) in [6.45, 7) is 5.88. The quantitative estimate of drug-likeness (QED) is 0.803. The minimum atomic E-state index is -0.424. The zero-order valence-corrected chi connectivity index (χ0v) is 11.5. The van der Waals surface area contributed by atoms with Crippen molar-refractivity contribution in [3.05, 3.63) is 23.5 Å². The van der Waals surface area contributed by atoms with E-state index in [0.717, 1.165) is 0 Å². The van der Waals surface area contributed by atoms with Crippen molar-refractivity contribution in [1.29, 1.82) is 0 Å². The van der Waals surface area contributed by atoms with E-state index in [1.165, 1.54) is 11.1 Å². The van der Waals surface area contributed by atoms with E-state index in [0.29, 0.717) is 30.1 Å². The average molecular weight is 265 g/mol. The van der Waals surface area contributed by atoms with Crippen LogP contribution in [0, 0.1) is 6.92 Å². The van der Waals surface area contributed by atoms with E-state index in [1.807, 2.05) is 0 Å². The van der Waals surface area contributed by atoms with Crippen LogP contribution < -0.4 is 5.73 Å². The van der Waals surface area contributed by atoms with Crippen LogP contribution >= 0.6 is 0 Å². The molecule has 6 nitrogen and oxygen atoms in total. The largest absolute Gasteiger partial charge is 0.465 e. The lowest BCUT2D eigenvalue weighted by Crippen LogP contribution is -2.36. The van der Waals surface area contributed by atoms with Gasteiger partial charge in [0.05, 0.1) is 29.7 Å². The van der Waals surface area contributed by atoms with Crippen LogP contribution in [0.3, 0.4) is 0 Å². The van der Waals surface area contributed by atoms with E-state index in [4.69, 9.17) is 10.5 Å². The Bertz CT molecular complexity index is 474. The molecule has 19 heavy (non-hydrogen) atoms. The monoisotopic (exact) mass is 265 g/mol. The van der Waals surface area contributed by atoms with Crippen molar-refractivity contribution in [3.63, 3.8) is 0 Å². The molecule has 0 saturated carbocycles. The summed E-state index contributed by atoms with van der Waals surface area (Å²) in [6.07, 6.45) is 1.49. The highest BCUT2D eigenvalue weighted by atomic mass is 16.5. The second-order valence-corrected chi connectivity index (χ2v) is 4.03. The van der Waals surface area contributed by atoms with E-state index in [1.54, 1.807) is 26.8 Å². The van der Waals surface area contributed by atoms with Gasteiger partial charge in [-0.25, -0.2) is 0 Å². The molecule has 0 aromatic carbocycles. The van der Waals surface area contributed by atoms with Gasteiger partial charge in [-0.3, -0.25) is 14.6 Å². The van der Waals surface area contributed by atoms with Crippen molar-refractivity contribution < 1.29 is 14.3 Å². The van der Waals surface area contributed by atoms with E-state index < -0.39 is 5.97 Å². The standard InChI is InChI=1S/C13H19N3O3/c1-4-16(8-12(17)19-5-2)13(18)11-6-10(14)7-15-9(11)3/h6-7H,4-5,8,14H2,1-3H3. The lowest BCUT2D eigenvalue weighted by molar-refractivity contribution is -0.143. The number of aryl methyl sites for hydroxylation is 1. The summed E-state index contributed by atoms with van der Waals surface area (Å²) in [5.41, 5.74) is 7.04. The molecule has 0 atom stereocenters. The number of hydrogen-bond donors (Lipinski definition) is 1. The number of pyridine rings is 1. The lowest BCUT2D eigenvalue weighted by Gasteiger charge is -2.20. The summed E-state index contributed by atoms with van der Waals surface area (Å²) >= 11 is 0. The number of nitrogens with zero attached hydrogens (tertiary/aromatic N) is 2. The fourth-order valence-electron chi connectivity index (χ4n) is 1.63. The average Bonchev–Trinajstić information content (AvgIpc) is 2.38. The van der Waals surface area contributed by atoms with Crippen molar-refractivity contribution in [1.82, 2.24) is 9.88 Å². The lowest BCUT2D eigenvalue weighted by atomic mass is 10.1. The van der Waals surface area contributed by atoms with Gasteiger partial charge < -0.3 is 15.4 Å². The minimum absolute atomic E-state index is 0.0720. The van der Waals surface area contributed by atoms with Crippen LogP contribution in [0.15, 0.2) is 12.3 Å². The van der Waals surface area contributed by atoms with Crippen molar-refractivity contribution in [3.8, 4) is 0 Å². The molecule has 0 spiro atoms. The van der Waals surface area contributed by atoms with Crippen LogP contribution in [-0.4, -0.2) is 41.5 Å². The molecule has 6 heteroatoms. The Morgan fingerprint density at radius 1 is 1.42 bits per heavy atom. The number of likely N-dealkylation sites (N-methyl/N-ethyl adjacent to an activating group) is 1. The van der Waals surface area contributed by atoms with Crippen LogP contribution in [0.25, 0.3) is 0 Å². The van der Waals surface area contributed by atoms with Gasteiger partial charge in [0.1, 0.15) is 6.54 Å². The fraction of sp³-hybridized carbons (Fsp3) is 0.462. The Morgan fingerprint density at radius 2 is 2.11 bits per heavy atom. The molecule has 0 aliphatic rings. The third-order valence-electron chi connectivity index (χ3n) is 2.63. The summed E-state index contributed by atoms with van der Waals surface area (Å²) in [7, 11) is 0. The second kappa shape index (κ2) is 6.72. The number of nitrogen functional groups attached to an aromatic ring is 1. The summed E-state index contributed by atoms with van der Waals surface area (Å²) in [4.78, 5) is 29.2. The van der Waals surface area contributed by atoms with Crippen LogP contribution in [0.5, 0.6) is 0 Å². The molecule has 0 aliphatic carbocycles. The minimum Gasteiger partial charge on any atom is -0.465 e. The van der Waals surface area contributed by atoms with Crippen molar-refractivity contribution >= 4 is 17.6 Å². The number of amides is 1. The number of carbonyl (C=O) groups is 2. The highest BCUT2D eigenvalue weighted by Crippen LogP contribution is 2.12. The molecule has 104 valence electrons. The number of aromatic nitrogens is 1. The predicted molar refractivity (Wildman–Crippen MR) is 71.6 cm³/mol. The number of ether oxygens (including phenoxy) is 1. The Hall–Kier alpha value is -2.11. The summed E-state index contributed by atoms with van der Waals surface area (Å²) < 4.78 is 4.84. The normalized spacial score (nSPS) is 10.1. The van der Waals surface area contributed by atoms with Gasteiger partial charge in [-0.15, -0.1) is 0 Å². The first-order valence-electron chi connectivity index (χ1n) is 6.16. The third kappa shape index (κ3) is 3.94. The Morgan fingerprint density at radius 3 is 2.68 bits per heavy atom. The first-order valence-corrected chi connectivity index (χ1v) is 6.16. The molecule has 1 rings (SSSR count). The highest BCUT2D eigenvalue weighted by molar-refractivity contribution is 5.97. The molecular formula is C13H19N3O3. The predicted octanol–water partition coefficient (Wildman–Crippen LogP) is 0.997. The number of nitrogens with two attached hydrogens (primary N) is 1. The Labute approximate surface area is 112 Å². The zero-order chi connectivity index (χ0) is 14.4. The molecular weight excluding hydrogens is 246 g/mol. The molecule has 0 bridgehead atoms. The van der Waals surface area contributed by atoms with Gasteiger partial charge in [0.15, 0.2) is 0 Å². The maximum absolute atomic E-state index is 12.3. The topological polar surface area (TPSA) is 85.5 Å². The van der Waals surface area contributed by atoms with Gasteiger partial charge >= 0.3 is 5.97 Å². The number of rotatable bonds is 5. The smallest absolute Gasteiger partial charge is 0.325 e. The molecule has 0 fully saturated rings. The number of carbonyl (C=O) groups excluding carboxylic acids is 2. The van der Waals surface area contributed by atoms with Gasteiger partial charge in [-0.05, 0) is 26.8 Å². The van der Waals surface area contributed by atoms with Crippen molar-refractivity contribution in [2.45, 2.75) is 20.8 Å². The number of esters is 1. The Kier molecular flexibility index (Phi) is 5.29. The van der Waals surface area contributed by atoms with Crippen molar-refractivity contribution in [2.75, 3.05) is 25.4 Å². The second-order valence-electron chi connectivity index (χ2n) is 4.03. The maximum atomic E-state index is 12.3. The highest BCUT2D eigenvalue weighted by Gasteiger charge is 2.20. The fourth-order valence-corrected chi connectivity index (χ4v) is 1.63. The van der Waals surface area contributed by atoms with Gasteiger partial charge in [0, 0.05) is 6.54 Å². The van der Waals surface area contributed by atoms with Crippen molar-refractivity contribution in [2.24, 2.45) is 0 Å². The molecule has 1 heterocycles. The number of hydrogen-bond acceptors (Lipinski definition) is 5. The van der Waals surface area contributed by atoms with Crippen LogP contribution in [0.2, 0.25) is 0 Å².